The van der Waals surface area contributed by atoms with Crippen molar-refractivity contribution < 1.29 is 31.5 Å². The number of nitrogens with zero attached hydrogens (tertiary/aromatic N) is 1. The molecule has 0 aromatic heterocycles. The molecule has 0 bridgehead atoms. The van der Waals surface area contributed by atoms with Crippen LogP contribution in [0.15, 0.2) is 0 Å². The summed E-state index contributed by atoms with van der Waals surface area (Å²) in [6.07, 6.45) is -4.68. The largest absolute Gasteiger partial charge is 0.465 e. The molecule has 1 aliphatic rings. The third-order valence-electron chi connectivity index (χ3n) is 2.90. The first-order valence-corrected chi connectivity index (χ1v) is 5.45. The molecule has 1 rings (SSSR count). The van der Waals surface area contributed by atoms with Crippen LogP contribution in [-0.2, 0) is 9.53 Å². The molecule has 0 unspecified atom stereocenters. The van der Waals surface area contributed by atoms with E-state index < -0.39 is 24.7 Å². The lowest BCUT2D eigenvalue weighted by atomic mass is 9.98. The fourth-order valence-electron chi connectivity index (χ4n) is 1.63. The average molecular weight is 275 g/mol. The van der Waals surface area contributed by atoms with Gasteiger partial charge in [-0.2, -0.15) is 22.0 Å². The second-order valence-corrected chi connectivity index (χ2v) is 4.42. The number of rotatable bonds is 3. The second kappa shape index (κ2) is 5.38. The minimum Gasteiger partial charge on any atom is -0.461 e. The molecule has 0 spiro atoms. The zero-order chi connectivity index (χ0) is 14.0. The normalized spacial score (nSPS) is 19.9. The van der Waals surface area contributed by atoms with Gasteiger partial charge in [0, 0.05) is 0 Å². The maximum Gasteiger partial charge on any atom is 0.465 e. The van der Waals surface area contributed by atoms with E-state index >= 15 is 0 Å². The number of alkyl halides is 5. The molecule has 8 heteroatoms. The van der Waals surface area contributed by atoms with E-state index in [1.165, 1.54) is 0 Å². The van der Waals surface area contributed by atoms with E-state index in [0.717, 1.165) is 0 Å². The van der Waals surface area contributed by atoms with Gasteiger partial charge in [-0.1, -0.05) is 0 Å². The molecule has 0 radical (unpaired) electrons. The summed E-state index contributed by atoms with van der Waals surface area (Å²) in [5.41, 5.74) is 0. The number of halogens is 5. The van der Waals surface area contributed by atoms with Crippen LogP contribution in [0.5, 0.6) is 0 Å². The van der Waals surface area contributed by atoms with Gasteiger partial charge in [-0.05, 0) is 38.9 Å². The lowest BCUT2D eigenvalue weighted by Gasteiger charge is -2.29. The Kier molecular flexibility index (Phi) is 4.52. The van der Waals surface area contributed by atoms with Crippen LogP contribution >= 0.6 is 0 Å². The number of carbonyl (C=O) groups is 1. The SMILES string of the molecule is CN1CCC(COC(=O)C(F)(F)C(F)(F)F)CC1. The Labute approximate surface area is 101 Å². The summed E-state index contributed by atoms with van der Waals surface area (Å²) in [5.74, 6) is -8.11. The number of hydrogen-bond acceptors (Lipinski definition) is 3. The summed E-state index contributed by atoms with van der Waals surface area (Å²) < 4.78 is 64.7. The smallest absolute Gasteiger partial charge is 0.461 e. The molecule has 3 nitrogen and oxygen atoms in total. The molecule has 0 N–H and O–H groups in total. The van der Waals surface area contributed by atoms with Crippen LogP contribution in [0, 0.1) is 5.92 Å². The van der Waals surface area contributed by atoms with Crippen molar-refractivity contribution in [3.8, 4) is 0 Å². The maximum absolute atomic E-state index is 12.5. The Morgan fingerprint density at radius 3 is 2.17 bits per heavy atom. The van der Waals surface area contributed by atoms with E-state index in [0.29, 0.717) is 25.9 Å². The van der Waals surface area contributed by atoms with Crippen molar-refractivity contribution in [1.82, 2.24) is 4.90 Å². The van der Waals surface area contributed by atoms with Crippen LogP contribution in [0.4, 0.5) is 22.0 Å². The molecular formula is C10H14F5NO2. The van der Waals surface area contributed by atoms with Crippen LogP contribution in [0.3, 0.4) is 0 Å². The number of hydrogen-bond donors (Lipinski definition) is 0. The van der Waals surface area contributed by atoms with Crippen LogP contribution in [0.1, 0.15) is 12.8 Å². The zero-order valence-electron chi connectivity index (χ0n) is 9.77. The Bertz CT molecular complexity index is 297. The lowest BCUT2D eigenvalue weighted by molar-refractivity contribution is -0.280. The van der Waals surface area contributed by atoms with E-state index in [9.17, 15) is 26.7 Å². The number of ether oxygens (including phenoxy) is 1. The van der Waals surface area contributed by atoms with Gasteiger partial charge in [0.25, 0.3) is 0 Å². The zero-order valence-corrected chi connectivity index (χ0v) is 9.77. The van der Waals surface area contributed by atoms with Crippen LogP contribution in [-0.4, -0.2) is 49.7 Å². The van der Waals surface area contributed by atoms with Crippen molar-refractivity contribution >= 4 is 5.97 Å². The molecule has 106 valence electrons. The number of esters is 1. The van der Waals surface area contributed by atoms with Crippen LogP contribution in [0.25, 0.3) is 0 Å². The summed E-state index contributed by atoms with van der Waals surface area (Å²) in [6.45, 7) is 1.02. The summed E-state index contributed by atoms with van der Waals surface area (Å²) in [7, 11) is 1.88. The fourth-order valence-corrected chi connectivity index (χ4v) is 1.63. The van der Waals surface area contributed by atoms with Gasteiger partial charge in [-0.3, -0.25) is 0 Å². The average Bonchev–Trinajstić information content (AvgIpc) is 2.26. The molecule has 0 atom stereocenters. The Balaban J connectivity index is 2.42. The topological polar surface area (TPSA) is 29.5 Å². The monoisotopic (exact) mass is 275 g/mol. The summed E-state index contributed by atoms with van der Waals surface area (Å²) in [5, 5.41) is 0. The van der Waals surface area contributed by atoms with Crippen LogP contribution in [0.2, 0.25) is 0 Å². The third-order valence-corrected chi connectivity index (χ3v) is 2.90. The quantitative estimate of drug-likeness (QED) is 0.583. The number of carbonyl (C=O) groups excluding carboxylic acids is 1. The van der Waals surface area contributed by atoms with Gasteiger partial charge in [0.2, 0.25) is 0 Å². The van der Waals surface area contributed by atoms with Crippen LogP contribution < -0.4 is 0 Å². The van der Waals surface area contributed by atoms with E-state index in [2.05, 4.69) is 4.74 Å². The van der Waals surface area contributed by atoms with Crippen molar-refractivity contribution in [2.45, 2.75) is 24.9 Å². The van der Waals surface area contributed by atoms with Gasteiger partial charge in [-0.25, -0.2) is 4.79 Å². The van der Waals surface area contributed by atoms with Gasteiger partial charge in [-0.15, -0.1) is 0 Å². The van der Waals surface area contributed by atoms with Gasteiger partial charge >= 0.3 is 18.1 Å². The molecular weight excluding hydrogens is 261 g/mol. The Morgan fingerprint density at radius 2 is 1.72 bits per heavy atom. The Morgan fingerprint density at radius 1 is 1.22 bits per heavy atom. The highest BCUT2D eigenvalue weighted by Crippen LogP contribution is 2.36. The molecule has 0 aromatic rings. The highest BCUT2D eigenvalue weighted by atomic mass is 19.4. The highest BCUT2D eigenvalue weighted by molar-refractivity contribution is 5.78. The van der Waals surface area contributed by atoms with Gasteiger partial charge in [0.05, 0.1) is 6.61 Å². The standard InChI is InChI=1S/C10H14F5NO2/c1-16-4-2-7(3-5-16)6-18-8(17)9(11,12)10(13,14)15/h7H,2-6H2,1H3. The lowest BCUT2D eigenvalue weighted by Crippen LogP contribution is -2.45. The minimum atomic E-state index is -5.91. The molecule has 1 fully saturated rings. The molecule has 0 saturated carbocycles. The van der Waals surface area contributed by atoms with Crippen molar-refractivity contribution in [2.24, 2.45) is 5.92 Å². The first-order chi connectivity index (χ1) is 8.14. The molecule has 1 aliphatic heterocycles. The van der Waals surface area contributed by atoms with Crippen molar-refractivity contribution in [1.29, 1.82) is 0 Å². The fraction of sp³-hybridized carbons (Fsp3) is 0.900. The molecule has 0 amide bonds. The predicted molar refractivity (Wildman–Crippen MR) is 52.2 cm³/mol. The summed E-state index contributed by atoms with van der Waals surface area (Å²) >= 11 is 0. The molecule has 0 aromatic carbocycles. The highest BCUT2D eigenvalue weighted by Gasteiger charge is 2.64. The van der Waals surface area contributed by atoms with E-state index in [4.69, 9.17) is 0 Å². The second-order valence-electron chi connectivity index (χ2n) is 4.42. The molecule has 18 heavy (non-hydrogen) atoms. The van der Waals surface area contributed by atoms with E-state index in [-0.39, 0.29) is 5.92 Å². The molecule has 0 aliphatic carbocycles. The van der Waals surface area contributed by atoms with Gasteiger partial charge in [0.1, 0.15) is 0 Å². The van der Waals surface area contributed by atoms with Crippen molar-refractivity contribution in [3.63, 3.8) is 0 Å². The number of piperidine rings is 1. The Hall–Kier alpha value is -0.920. The first kappa shape index (κ1) is 15.1. The molecule has 1 heterocycles. The van der Waals surface area contributed by atoms with Crippen molar-refractivity contribution in [2.75, 3.05) is 26.7 Å². The van der Waals surface area contributed by atoms with Gasteiger partial charge in [0.15, 0.2) is 0 Å². The molecule has 1 saturated heterocycles. The van der Waals surface area contributed by atoms with E-state index in [1.807, 2.05) is 11.9 Å². The predicted octanol–water partition coefficient (Wildman–Crippen LogP) is 2.07. The third kappa shape index (κ3) is 3.54. The van der Waals surface area contributed by atoms with E-state index in [1.54, 1.807) is 0 Å². The maximum atomic E-state index is 12.5. The summed E-state index contributed by atoms with van der Waals surface area (Å²) in [4.78, 5) is 12.7. The number of likely N-dealkylation sites (tertiary alicyclic amines) is 1. The minimum absolute atomic E-state index is 0.158. The first-order valence-electron chi connectivity index (χ1n) is 5.45. The summed E-state index contributed by atoms with van der Waals surface area (Å²) in [6, 6.07) is 0. The van der Waals surface area contributed by atoms with Gasteiger partial charge < -0.3 is 9.64 Å². The van der Waals surface area contributed by atoms with Crippen molar-refractivity contribution in [3.05, 3.63) is 0 Å².